The molecule has 0 aromatic carbocycles. The number of nitrogens with zero attached hydrogens (tertiary/aromatic N) is 5. The van der Waals surface area contributed by atoms with Crippen LogP contribution in [0.25, 0.3) is 0 Å². The fourth-order valence-corrected chi connectivity index (χ4v) is 6.23. The molecule has 164 valence electrons. The molecule has 4 aliphatic rings. The maximum absolute atomic E-state index is 13.3. The van der Waals surface area contributed by atoms with Crippen LogP contribution in [0.5, 0.6) is 0 Å². The van der Waals surface area contributed by atoms with Crippen LogP contribution < -0.4 is 5.32 Å². The van der Waals surface area contributed by atoms with Crippen LogP contribution in [0, 0.1) is 17.8 Å². The smallest absolute Gasteiger partial charge is 0.243 e. The van der Waals surface area contributed by atoms with Crippen molar-refractivity contribution < 1.29 is 9.59 Å². The Hall–Kier alpha value is -1.96. The summed E-state index contributed by atoms with van der Waals surface area (Å²) in [6, 6.07) is -0.0797. The fraction of sp³-hybridized carbons (Fsp3) is 0.818. The highest BCUT2D eigenvalue weighted by atomic mass is 16.2. The van der Waals surface area contributed by atoms with Gasteiger partial charge in [0.2, 0.25) is 11.8 Å². The molecule has 30 heavy (non-hydrogen) atoms. The lowest BCUT2D eigenvalue weighted by molar-refractivity contribution is -0.160. The van der Waals surface area contributed by atoms with E-state index < -0.39 is 0 Å². The SMILES string of the molecule is Cn1ncnc1CCNC(=O)[C@H]1[C@H]2C[C@H](CN(CC3CCC3)C2)[C@@H]2CCCC(=O)N21. The van der Waals surface area contributed by atoms with E-state index in [1.54, 1.807) is 4.68 Å². The number of hydrogen-bond acceptors (Lipinski definition) is 5. The molecule has 3 aliphatic heterocycles. The molecule has 4 atom stereocenters. The van der Waals surface area contributed by atoms with Crippen LogP contribution in [0.2, 0.25) is 0 Å². The molecule has 0 spiro atoms. The first kappa shape index (κ1) is 20.0. The molecular formula is C22H34N6O2. The summed E-state index contributed by atoms with van der Waals surface area (Å²) in [7, 11) is 1.86. The van der Waals surface area contributed by atoms with E-state index in [1.165, 1.54) is 32.1 Å². The van der Waals surface area contributed by atoms with Crippen molar-refractivity contribution in [1.29, 1.82) is 0 Å². The monoisotopic (exact) mass is 414 g/mol. The number of rotatable bonds is 6. The summed E-state index contributed by atoms with van der Waals surface area (Å²) in [4.78, 5) is 35.1. The Kier molecular flexibility index (Phi) is 5.52. The van der Waals surface area contributed by atoms with Crippen LogP contribution in [-0.2, 0) is 23.1 Å². The molecule has 1 aromatic heterocycles. The molecule has 3 saturated heterocycles. The number of aromatic nitrogens is 3. The minimum atomic E-state index is -0.317. The predicted octanol–water partition coefficient (Wildman–Crippen LogP) is 0.975. The zero-order valence-corrected chi connectivity index (χ0v) is 18.0. The number of carbonyl (C=O) groups is 2. The average molecular weight is 415 g/mol. The molecule has 2 bridgehead atoms. The molecule has 1 aliphatic carbocycles. The van der Waals surface area contributed by atoms with Gasteiger partial charge in [-0.05, 0) is 43.9 Å². The molecule has 4 fully saturated rings. The van der Waals surface area contributed by atoms with E-state index in [4.69, 9.17) is 0 Å². The third-order valence-electron chi connectivity index (χ3n) is 7.88. The Balaban J connectivity index is 1.29. The molecular weight excluding hydrogens is 380 g/mol. The summed E-state index contributed by atoms with van der Waals surface area (Å²) in [6.07, 6.45) is 9.93. The van der Waals surface area contributed by atoms with Crippen LogP contribution >= 0.6 is 0 Å². The van der Waals surface area contributed by atoms with Gasteiger partial charge in [-0.3, -0.25) is 14.3 Å². The topological polar surface area (TPSA) is 83.4 Å². The van der Waals surface area contributed by atoms with Gasteiger partial charge in [0.05, 0.1) is 0 Å². The molecule has 0 radical (unpaired) electrons. The molecule has 4 heterocycles. The van der Waals surface area contributed by atoms with Crippen LogP contribution in [0.15, 0.2) is 6.33 Å². The minimum Gasteiger partial charge on any atom is -0.354 e. The third-order valence-corrected chi connectivity index (χ3v) is 7.88. The summed E-state index contributed by atoms with van der Waals surface area (Å²) in [5.41, 5.74) is 0. The van der Waals surface area contributed by atoms with Gasteiger partial charge in [-0.25, -0.2) is 4.98 Å². The van der Waals surface area contributed by atoms with Gasteiger partial charge in [-0.15, -0.1) is 0 Å². The third kappa shape index (κ3) is 3.74. The van der Waals surface area contributed by atoms with Gasteiger partial charge in [-0.1, -0.05) is 6.42 Å². The molecule has 2 amide bonds. The van der Waals surface area contributed by atoms with Crippen molar-refractivity contribution >= 4 is 11.8 Å². The Morgan fingerprint density at radius 3 is 2.77 bits per heavy atom. The number of fused-ring (bicyclic) bond motifs is 4. The number of carbonyl (C=O) groups excluding carboxylic acids is 2. The largest absolute Gasteiger partial charge is 0.354 e. The van der Waals surface area contributed by atoms with Gasteiger partial charge in [0.25, 0.3) is 0 Å². The van der Waals surface area contributed by atoms with Gasteiger partial charge in [0.15, 0.2) is 0 Å². The van der Waals surface area contributed by atoms with Gasteiger partial charge in [0, 0.05) is 58.0 Å². The highest BCUT2D eigenvalue weighted by Gasteiger charge is 2.51. The first-order chi connectivity index (χ1) is 14.6. The molecule has 8 nitrogen and oxygen atoms in total. The second-order valence-corrected chi connectivity index (χ2v) is 9.82. The highest BCUT2D eigenvalue weighted by molar-refractivity contribution is 5.89. The molecule has 1 saturated carbocycles. The van der Waals surface area contributed by atoms with Gasteiger partial charge >= 0.3 is 0 Å². The first-order valence-electron chi connectivity index (χ1n) is 11.7. The number of hydrogen-bond donors (Lipinski definition) is 1. The zero-order valence-electron chi connectivity index (χ0n) is 18.0. The second-order valence-electron chi connectivity index (χ2n) is 9.82. The lowest BCUT2D eigenvalue weighted by atomic mass is 9.71. The van der Waals surface area contributed by atoms with E-state index in [-0.39, 0.29) is 29.8 Å². The molecule has 1 N–H and O–H groups in total. The summed E-state index contributed by atoms with van der Waals surface area (Å²) in [6.45, 7) is 3.75. The van der Waals surface area contributed by atoms with Crippen molar-refractivity contribution in [3.8, 4) is 0 Å². The second kappa shape index (κ2) is 8.29. The number of amides is 2. The van der Waals surface area contributed by atoms with E-state index in [9.17, 15) is 9.59 Å². The van der Waals surface area contributed by atoms with Crippen molar-refractivity contribution in [2.45, 2.75) is 63.5 Å². The van der Waals surface area contributed by atoms with Crippen LogP contribution in [0.1, 0.15) is 50.8 Å². The lowest BCUT2D eigenvalue weighted by Gasteiger charge is -2.56. The van der Waals surface area contributed by atoms with Gasteiger partial charge in [0.1, 0.15) is 18.2 Å². The minimum absolute atomic E-state index is 0.0198. The lowest BCUT2D eigenvalue weighted by Crippen LogP contribution is -2.68. The Morgan fingerprint density at radius 1 is 1.20 bits per heavy atom. The van der Waals surface area contributed by atoms with Crippen molar-refractivity contribution in [1.82, 2.24) is 29.9 Å². The molecule has 1 aromatic rings. The number of nitrogens with one attached hydrogen (secondary N) is 1. The van der Waals surface area contributed by atoms with E-state index in [0.29, 0.717) is 25.3 Å². The van der Waals surface area contributed by atoms with E-state index in [2.05, 4.69) is 20.3 Å². The van der Waals surface area contributed by atoms with Crippen LogP contribution in [-0.4, -0.2) is 74.6 Å². The quantitative estimate of drug-likeness (QED) is 0.750. The van der Waals surface area contributed by atoms with E-state index in [1.807, 2.05) is 11.9 Å². The summed E-state index contributed by atoms with van der Waals surface area (Å²) >= 11 is 0. The molecule has 5 rings (SSSR count). The summed E-state index contributed by atoms with van der Waals surface area (Å²) in [5, 5.41) is 7.21. The number of piperidine rings is 3. The number of aryl methyl sites for hydroxylation is 1. The maximum Gasteiger partial charge on any atom is 0.243 e. The normalized spacial score (nSPS) is 31.9. The van der Waals surface area contributed by atoms with Crippen molar-refractivity contribution in [3.63, 3.8) is 0 Å². The van der Waals surface area contributed by atoms with Gasteiger partial charge in [-0.2, -0.15) is 5.10 Å². The average Bonchev–Trinajstić information content (AvgIpc) is 3.10. The Morgan fingerprint density at radius 2 is 2.03 bits per heavy atom. The standard InChI is InChI=1S/C22H34N6O2/c1-26-19(24-14-25-26)8-9-23-22(30)21-17-10-16(18-6-3-7-20(29)28(18)21)12-27(13-17)11-15-4-2-5-15/h14-18,21H,2-13H2,1H3,(H,23,30)/t16-,17+,18+,21-/m1/s1. The van der Waals surface area contributed by atoms with E-state index in [0.717, 1.165) is 44.1 Å². The highest BCUT2D eigenvalue weighted by Crippen LogP contribution is 2.42. The maximum atomic E-state index is 13.3. The Labute approximate surface area is 178 Å². The predicted molar refractivity (Wildman–Crippen MR) is 111 cm³/mol. The summed E-state index contributed by atoms with van der Waals surface area (Å²) in [5.74, 6) is 2.67. The van der Waals surface area contributed by atoms with Crippen molar-refractivity contribution in [2.75, 3.05) is 26.2 Å². The van der Waals surface area contributed by atoms with Crippen LogP contribution in [0.3, 0.4) is 0 Å². The Bertz CT molecular complexity index is 790. The van der Waals surface area contributed by atoms with Gasteiger partial charge < -0.3 is 15.1 Å². The first-order valence-corrected chi connectivity index (χ1v) is 11.7. The summed E-state index contributed by atoms with van der Waals surface area (Å²) < 4.78 is 1.74. The van der Waals surface area contributed by atoms with Crippen molar-refractivity contribution in [2.24, 2.45) is 24.8 Å². The number of likely N-dealkylation sites (tertiary alicyclic amines) is 1. The van der Waals surface area contributed by atoms with Crippen molar-refractivity contribution in [3.05, 3.63) is 12.2 Å². The van der Waals surface area contributed by atoms with Crippen LogP contribution in [0.4, 0.5) is 0 Å². The van der Waals surface area contributed by atoms with E-state index >= 15 is 0 Å². The zero-order chi connectivity index (χ0) is 20.7. The molecule has 0 unspecified atom stereocenters. The molecule has 8 heteroatoms. The fourth-order valence-electron chi connectivity index (χ4n) is 6.23.